The molecule has 150 valence electrons. The number of amides is 2. The van der Waals surface area contributed by atoms with Crippen LogP contribution in [0.2, 0.25) is 0 Å². The van der Waals surface area contributed by atoms with Crippen molar-refractivity contribution in [3.63, 3.8) is 0 Å². The molecule has 7 nitrogen and oxygen atoms in total. The third kappa shape index (κ3) is 8.30. The van der Waals surface area contributed by atoms with Gasteiger partial charge in [-0.2, -0.15) is 0 Å². The molecule has 0 spiro atoms. The van der Waals surface area contributed by atoms with Crippen molar-refractivity contribution in [3.8, 4) is 0 Å². The molecule has 0 aromatic heterocycles. The van der Waals surface area contributed by atoms with E-state index in [1.165, 1.54) is 0 Å². The van der Waals surface area contributed by atoms with Gasteiger partial charge in [-0.15, -0.1) is 0 Å². The largest absolute Gasteiger partial charge is 0.445 e. The number of ether oxygens (including phenoxy) is 2. The van der Waals surface area contributed by atoms with E-state index in [1.54, 1.807) is 4.90 Å². The van der Waals surface area contributed by atoms with Crippen LogP contribution in [-0.2, 0) is 16.1 Å². The lowest BCUT2D eigenvalue weighted by Crippen LogP contribution is -2.50. The van der Waals surface area contributed by atoms with Gasteiger partial charge in [-0.25, -0.2) is 9.59 Å². The van der Waals surface area contributed by atoms with Crippen LogP contribution >= 0.6 is 0 Å². The molecular formula is C20H31N3O4. The van der Waals surface area contributed by atoms with E-state index in [-0.39, 0.29) is 18.7 Å². The summed E-state index contributed by atoms with van der Waals surface area (Å²) < 4.78 is 10.6. The second-order valence-electron chi connectivity index (χ2n) is 7.71. The Morgan fingerprint density at radius 2 is 1.93 bits per heavy atom. The molecule has 2 rings (SSSR count). The number of nitrogens with one attached hydrogen (secondary N) is 2. The summed E-state index contributed by atoms with van der Waals surface area (Å²) in [5, 5.41) is 6.11. The number of alkyl carbamates (subject to hydrolysis) is 1. The van der Waals surface area contributed by atoms with Crippen molar-refractivity contribution in [2.24, 2.45) is 0 Å². The van der Waals surface area contributed by atoms with Gasteiger partial charge >= 0.3 is 12.2 Å². The number of piperidine rings is 1. The Balaban J connectivity index is 1.60. The molecule has 1 aliphatic rings. The van der Waals surface area contributed by atoms with Gasteiger partial charge in [-0.3, -0.25) is 0 Å². The third-order valence-corrected chi connectivity index (χ3v) is 4.11. The minimum atomic E-state index is -0.485. The lowest BCUT2D eigenvalue weighted by molar-refractivity contribution is 0.0188. The van der Waals surface area contributed by atoms with E-state index in [9.17, 15) is 9.59 Å². The van der Waals surface area contributed by atoms with Gasteiger partial charge in [0.25, 0.3) is 0 Å². The number of rotatable bonds is 6. The SMILES string of the molecule is CC(C)(C)OC(=O)N1CCC[C@H](NCCNC(=O)OCc2ccccc2)C1. The van der Waals surface area contributed by atoms with Crippen LogP contribution < -0.4 is 10.6 Å². The van der Waals surface area contributed by atoms with Gasteiger partial charge in [0.2, 0.25) is 0 Å². The molecule has 0 aliphatic carbocycles. The minimum Gasteiger partial charge on any atom is -0.445 e. The van der Waals surface area contributed by atoms with Crippen molar-refractivity contribution < 1.29 is 19.1 Å². The highest BCUT2D eigenvalue weighted by atomic mass is 16.6. The van der Waals surface area contributed by atoms with Crippen LogP contribution in [0.3, 0.4) is 0 Å². The normalized spacial score (nSPS) is 17.3. The quantitative estimate of drug-likeness (QED) is 0.745. The molecular weight excluding hydrogens is 346 g/mol. The molecule has 0 saturated carbocycles. The zero-order valence-electron chi connectivity index (χ0n) is 16.5. The van der Waals surface area contributed by atoms with Crippen LogP contribution in [0.5, 0.6) is 0 Å². The van der Waals surface area contributed by atoms with E-state index in [0.717, 1.165) is 24.9 Å². The van der Waals surface area contributed by atoms with Gasteiger partial charge in [-0.1, -0.05) is 30.3 Å². The Labute approximate surface area is 161 Å². The fraction of sp³-hybridized carbons (Fsp3) is 0.600. The highest BCUT2D eigenvalue weighted by Crippen LogP contribution is 2.15. The first-order valence-corrected chi connectivity index (χ1v) is 9.49. The molecule has 0 unspecified atom stereocenters. The van der Waals surface area contributed by atoms with E-state index in [4.69, 9.17) is 9.47 Å². The summed E-state index contributed by atoms with van der Waals surface area (Å²) in [5.41, 5.74) is 0.469. The molecule has 1 aliphatic heterocycles. The number of nitrogens with zero attached hydrogens (tertiary/aromatic N) is 1. The first kappa shape index (κ1) is 21.0. The van der Waals surface area contributed by atoms with Crippen LogP contribution in [0.25, 0.3) is 0 Å². The summed E-state index contributed by atoms with van der Waals surface area (Å²) in [7, 11) is 0. The average Bonchev–Trinajstić information content (AvgIpc) is 2.63. The van der Waals surface area contributed by atoms with Crippen molar-refractivity contribution in [1.82, 2.24) is 15.5 Å². The highest BCUT2D eigenvalue weighted by Gasteiger charge is 2.27. The van der Waals surface area contributed by atoms with Crippen LogP contribution in [0.1, 0.15) is 39.2 Å². The number of benzene rings is 1. The maximum absolute atomic E-state index is 12.2. The summed E-state index contributed by atoms with van der Waals surface area (Å²) in [5.74, 6) is 0. The molecule has 27 heavy (non-hydrogen) atoms. The monoisotopic (exact) mass is 377 g/mol. The summed E-state index contributed by atoms with van der Waals surface area (Å²) in [6, 6.07) is 9.76. The number of carbonyl (C=O) groups is 2. The van der Waals surface area contributed by atoms with Crippen molar-refractivity contribution in [2.45, 2.75) is 51.9 Å². The van der Waals surface area contributed by atoms with Crippen molar-refractivity contribution in [1.29, 1.82) is 0 Å². The Bertz CT molecular complexity index is 601. The summed E-state index contributed by atoms with van der Waals surface area (Å²) >= 11 is 0. The summed E-state index contributed by atoms with van der Waals surface area (Å²) in [6.45, 7) is 8.29. The Morgan fingerprint density at radius 1 is 1.19 bits per heavy atom. The van der Waals surface area contributed by atoms with Gasteiger partial charge < -0.3 is 25.0 Å². The van der Waals surface area contributed by atoms with Gasteiger partial charge in [0.05, 0.1) is 0 Å². The van der Waals surface area contributed by atoms with Gasteiger partial charge in [0, 0.05) is 32.2 Å². The molecule has 1 fully saturated rings. The lowest BCUT2D eigenvalue weighted by Gasteiger charge is -2.34. The second kappa shape index (κ2) is 10.2. The molecule has 1 aromatic carbocycles. The zero-order chi connectivity index (χ0) is 19.7. The standard InChI is InChI=1S/C20H31N3O4/c1-20(2,3)27-19(25)23-13-7-10-17(14-23)21-11-12-22-18(24)26-15-16-8-5-4-6-9-16/h4-6,8-9,17,21H,7,10-15H2,1-3H3,(H,22,24)/t17-/m0/s1. The maximum Gasteiger partial charge on any atom is 0.410 e. The highest BCUT2D eigenvalue weighted by molar-refractivity contribution is 5.68. The minimum absolute atomic E-state index is 0.202. The van der Waals surface area contributed by atoms with E-state index in [0.29, 0.717) is 19.6 Å². The Morgan fingerprint density at radius 3 is 2.63 bits per heavy atom. The van der Waals surface area contributed by atoms with E-state index in [2.05, 4.69) is 10.6 Å². The predicted molar refractivity (Wildman–Crippen MR) is 103 cm³/mol. The van der Waals surface area contributed by atoms with Gasteiger partial charge in [0.1, 0.15) is 12.2 Å². The van der Waals surface area contributed by atoms with Crippen LogP contribution in [0.15, 0.2) is 30.3 Å². The number of hydrogen-bond donors (Lipinski definition) is 2. The van der Waals surface area contributed by atoms with Crippen molar-refractivity contribution >= 4 is 12.2 Å². The predicted octanol–water partition coefficient (Wildman–Crippen LogP) is 2.90. The molecule has 0 radical (unpaired) electrons. The first-order valence-electron chi connectivity index (χ1n) is 9.49. The number of carbonyl (C=O) groups excluding carboxylic acids is 2. The van der Waals surface area contributed by atoms with E-state index >= 15 is 0 Å². The number of hydrogen-bond acceptors (Lipinski definition) is 5. The van der Waals surface area contributed by atoms with Crippen LogP contribution in [0, 0.1) is 0 Å². The Hall–Kier alpha value is -2.28. The molecule has 1 atom stereocenters. The average molecular weight is 377 g/mol. The van der Waals surface area contributed by atoms with Crippen molar-refractivity contribution in [2.75, 3.05) is 26.2 Å². The molecule has 2 amide bonds. The number of likely N-dealkylation sites (tertiary alicyclic amines) is 1. The van der Waals surface area contributed by atoms with Crippen LogP contribution in [0.4, 0.5) is 9.59 Å². The molecule has 1 saturated heterocycles. The second-order valence-corrected chi connectivity index (χ2v) is 7.71. The molecule has 7 heteroatoms. The molecule has 2 N–H and O–H groups in total. The van der Waals surface area contributed by atoms with E-state index < -0.39 is 11.7 Å². The van der Waals surface area contributed by atoms with Crippen molar-refractivity contribution in [3.05, 3.63) is 35.9 Å². The lowest BCUT2D eigenvalue weighted by atomic mass is 10.1. The maximum atomic E-state index is 12.2. The molecule has 1 heterocycles. The first-order chi connectivity index (χ1) is 12.8. The molecule has 0 bridgehead atoms. The topological polar surface area (TPSA) is 79.9 Å². The van der Waals surface area contributed by atoms with E-state index in [1.807, 2.05) is 51.1 Å². The zero-order valence-corrected chi connectivity index (χ0v) is 16.5. The molecule has 1 aromatic rings. The van der Waals surface area contributed by atoms with Gasteiger partial charge in [-0.05, 0) is 39.2 Å². The van der Waals surface area contributed by atoms with Crippen LogP contribution in [-0.4, -0.2) is 54.9 Å². The van der Waals surface area contributed by atoms with Gasteiger partial charge in [0.15, 0.2) is 0 Å². The fourth-order valence-corrected chi connectivity index (χ4v) is 2.85. The summed E-state index contributed by atoms with van der Waals surface area (Å²) in [4.78, 5) is 25.6. The smallest absolute Gasteiger partial charge is 0.410 e. The third-order valence-electron chi connectivity index (χ3n) is 4.11. The summed E-state index contributed by atoms with van der Waals surface area (Å²) in [6.07, 6.45) is 1.23. The Kier molecular flexibility index (Phi) is 7.91. The fourth-order valence-electron chi connectivity index (χ4n) is 2.85.